The Balaban J connectivity index is 1.50. The number of nitriles is 1. The molecular weight excluding hydrogens is 320 g/mol. The van der Waals surface area contributed by atoms with Crippen molar-refractivity contribution in [2.24, 2.45) is 5.92 Å². The Morgan fingerprint density at radius 2 is 1.81 bits per heavy atom. The molecular formula is C23H24N2O. The minimum atomic E-state index is 0.0900. The molecule has 2 heterocycles. The van der Waals surface area contributed by atoms with Crippen molar-refractivity contribution in [1.29, 1.82) is 5.26 Å². The lowest BCUT2D eigenvalue weighted by molar-refractivity contribution is 0.0677. The van der Waals surface area contributed by atoms with Gasteiger partial charge in [0.2, 0.25) is 0 Å². The number of ketones is 1. The number of benzene rings is 2. The molecule has 2 unspecified atom stereocenters. The van der Waals surface area contributed by atoms with Gasteiger partial charge >= 0.3 is 0 Å². The molecule has 26 heavy (non-hydrogen) atoms. The van der Waals surface area contributed by atoms with E-state index in [2.05, 4.69) is 41.3 Å². The molecule has 3 nitrogen and oxygen atoms in total. The van der Waals surface area contributed by atoms with Crippen LogP contribution in [-0.4, -0.2) is 22.8 Å². The van der Waals surface area contributed by atoms with Gasteiger partial charge in [-0.15, -0.1) is 0 Å². The van der Waals surface area contributed by atoms with Crippen molar-refractivity contribution in [3.05, 3.63) is 70.8 Å². The number of fused-ring (bicyclic) bond motifs is 2. The van der Waals surface area contributed by atoms with E-state index in [0.29, 0.717) is 17.6 Å². The lowest BCUT2D eigenvalue weighted by Gasteiger charge is -2.38. The lowest BCUT2D eigenvalue weighted by Crippen LogP contribution is -2.44. The molecule has 4 rings (SSSR count). The summed E-state index contributed by atoms with van der Waals surface area (Å²) in [5, 5.41) is 9.15. The van der Waals surface area contributed by atoms with E-state index in [4.69, 9.17) is 5.26 Å². The van der Waals surface area contributed by atoms with Crippen LogP contribution in [0.5, 0.6) is 0 Å². The van der Waals surface area contributed by atoms with Gasteiger partial charge < -0.3 is 0 Å². The smallest absolute Gasteiger partial charge is 0.166 e. The molecule has 2 atom stereocenters. The van der Waals surface area contributed by atoms with Crippen LogP contribution in [0.3, 0.4) is 0 Å². The highest BCUT2D eigenvalue weighted by atomic mass is 16.1. The van der Waals surface area contributed by atoms with Gasteiger partial charge in [0, 0.05) is 30.1 Å². The Bertz CT molecular complexity index is 838. The molecule has 0 saturated carbocycles. The van der Waals surface area contributed by atoms with E-state index >= 15 is 0 Å². The lowest BCUT2D eigenvalue weighted by atomic mass is 9.83. The van der Waals surface area contributed by atoms with Gasteiger partial charge in [0.05, 0.1) is 11.6 Å². The first-order valence-electron chi connectivity index (χ1n) is 9.50. The Morgan fingerprint density at radius 3 is 2.46 bits per heavy atom. The van der Waals surface area contributed by atoms with Crippen LogP contribution in [-0.2, 0) is 6.54 Å². The summed E-state index contributed by atoms with van der Waals surface area (Å²) in [5.41, 5.74) is 3.65. The van der Waals surface area contributed by atoms with Gasteiger partial charge in [-0.25, -0.2) is 0 Å². The SMILES string of the molecule is Cc1ccc(C#N)cc1C(=O)C1CC2CCC(C1)N2Cc1ccccc1. The van der Waals surface area contributed by atoms with E-state index in [1.807, 2.05) is 13.0 Å². The van der Waals surface area contributed by atoms with Gasteiger partial charge in [-0.05, 0) is 55.9 Å². The number of Topliss-reactive ketones (excluding diaryl/α,β-unsaturated/α-hetero) is 1. The maximum absolute atomic E-state index is 13.1. The highest BCUT2D eigenvalue weighted by molar-refractivity contribution is 5.99. The Labute approximate surface area is 155 Å². The zero-order valence-electron chi connectivity index (χ0n) is 15.2. The molecule has 2 aliphatic heterocycles. The molecule has 2 saturated heterocycles. The molecule has 2 aliphatic rings. The standard InChI is InChI=1S/C23H24N2O/c1-16-7-8-18(14-24)11-22(16)23(26)19-12-20-9-10-21(13-19)25(20)15-17-5-3-2-4-6-17/h2-8,11,19-21H,9-10,12-13,15H2,1H3. The molecule has 0 spiro atoms. The van der Waals surface area contributed by atoms with Gasteiger partial charge in [0.15, 0.2) is 5.78 Å². The van der Waals surface area contributed by atoms with Crippen LogP contribution in [0.1, 0.15) is 52.7 Å². The quantitative estimate of drug-likeness (QED) is 0.768. The summed E-state index contributed by atoms with van der Waals surface area (Å²) in [5.74, 6) is 0.322. The van der Waals surface area contributed by atoms with Crippen molar-refractivity contribution in [3.63, 3.8) is 0 Å². The molecule has 0 aliphatic carbocycles. The van der Waals surface area contributed by atoms with Crippen LogP contribution in [0.2, 0.25) is 0 Å². The van der Waals surface area contributed by atoms with E-state index in [1.54, 1.807) is 12.1 Å². The third-order valence-electron chi connectivity index (χ3n) is 6.10. The summed E-state index contributed by atoms with van der Waals surface area (Å²) in [4.78, 5) is 15.8. The highest BCUT2D eigenvalue weighted by Gasteiger charge is 2.42. The predicted octanol–water partition coefficient (Wildman–Crippen LogP) is 4.49. The van der Waals surface area contributed by atoms with Gasteiger partial charge in [0.25, 0.3) is 0 Å². The molecule has 132 valence electrons. The topological polar surface area (TPSA) is 44.1 Å². The van der Waals surface area contributed by atoms with E-state index < -0.39 is 0 Å². The average Bonchev–Trinajstić information content (AvgIpc) is 2.90. The fourth-order valence-electron chi connectivity index (χ4n) is 4.72. The number of rotatable bonds is 4. The monoisotopic (exact) mass is 344 g/mol. The summed E-state index contributed by atoms with van der Waals surface area (Å²) in [6.45, 7) is 2.95. The fourth-order valence-corrected chi connectivity index (χ4v) is 4.72. The zero-order chi connectivity index (χ0) is 18.1. The number of nitrogens with zero attached hydrogens (tertiary/aromatic N) is 2. The molecule has 2 aromatic rings. The molecule has 0 amide bonds. The third kappa shape index (κ3) is 3.18. The number of carbonyl (C=O) groups is 1. The van der Waals surface area contributed by atoms with Crippen molar-refractivity contribution >= 4 is 5.78 Å². The summed E-state index contributed by atoms with van der Waals surface area (Å²) in [6, 6.07) is 19.2. The van der Waals surface area contributed by atoms with Crippen LogP contribution >= 0.6 is 0 Å². The van der Waals surface area contributed by atoms with Crippen LogP contribution < -0.4 is 0 Å². The average molecular weight is 344 g/mol. The second-order valence-electron chi connectivity index (χ2n) is 7.72. The largest absolute Gasteiger partial charge is 0.294 e. The van der Waals surface area contributed by atoms with E-state index in [1.165, 1.54) is 18.4 Å². The number of hydrogen-bond acceptors (Lipinski definition) is 3. The predicted molar refractivity (Wildman–Crippen MR) is 102 cm³/mol. The minimum absolute atomic E-state index is 0.0900. The van der Waals surface area contributed by atoms with Crippen LogP contribution in [0, 0.1) is 24.2 Å². The normalized spacial score (nSPS) is 25.0. The van der Waals surface area contributed by atoms with Crippen molar-refractivity contribution in [3.8, 4) is 6.07 Å². The van der Waals surface area contributed by atoms with Crippen molar-refractivity contribution in [1.82, 2.24) is 4.90 Å². The van der Waals surface area contributed by atoms with E-state index in [0.717, 1.165) is 30.5 Å². The maximum Gasteiger partial charge on any atom is 0.166 e. The maximum atomic E-state index is 13.1. The van der Waals surface area contributed by atoms with Crippen LogP contribution in [0.25, 0.3) is 0 Å². The fraction of sp³-hybridized carbons (Fsp3) is 0.391. The second-order valence-corrected chi connectivity index (χ2v) is 7.72. The molecule has 0 N–H and O–H groups in total. The third-order valence-corrected chi connectivity index (χ3v) is 6.10. The Kier molecular flexibility index (Phi) is 4.61. The van der Waals surface area contributed by atoms with Crippen molar-refractivity contribution in [2.75, 3.05) is 0 Å². The first kappa shape index (κ1) is 17.0. The molecule has 2 fully saturated rings. The van der Waals surface area contributed by atoms with Crippen molar-refractivity contribution < 1.29 is 4.79 Å². The van der Waals surface area contributed by atoms with E-state index in [-0.39, 0.29) is 11.7 Å². The Hall–Kier alpha value is -2.44. The molecule has 0 aromatic heterocycles. The van der Waals surface area contributed by atoms with Crippen LogP contribution in [0.4, 0.5) is 0 Å². The zero-order valence-corrected chi connectivity index (χ0v) is 15.2. The summed E-state index contributed by atoms with van der Waals surface area (Å²) in [7, 11) is 0. The molecule has 0 radical (unpaired) electrons. The summed E-state index contributed by atoms with van der Waals surface area (Å²) in [6.07, 6.45) is 4.27. The number of hydrogen-bond donors (Lipinski definition) is 0. The van der Waals surface area contributed by atoms with Crippen LogP contribution in [0.15, 0.2) is 48.5 Å². The molecule has 2 bridgehead atoms. The second kappa shape index (κ2) is 7.05. The molecule has 2 aromatic carbocycles. The summed E-state index contributed by atoms with van der Waals surface area (Å²) >= 11 is 0. The van der Waals surface area contributed by atoms with Gasteiger partial charge in [0.1, 0.15) is 0 Å². The summed E-state index contributed by atoms with van der Waals surface area (Å²) < 4.78 is 0. The molecule has 3 heteroatoms. The highest BCUT2D eigenvalue weighted by Crippen LogP contribution is 2.41. The Morgan fingerprint density at radius 1 is 1.12 bits per heavy atom. The number of carbonyl (C=O) groups excluding carboxylic acids is 1. The first-order chi connectivity index (χ1) is 12.7. The van der Waals surface area contributed by atoms with Gasteiger partial charge in [-0.3, -0.25) is 9.69 Å². The number of aryl methyl sites for hydroxylation is 1. The van der Waals surface area contributed by atoms with Crippen molar-refractivity contribution in [2.45, 2.75) is 51.2 Å². The number of piperidine rings is 1. The van der Waals surface area contributed by atoms with Gasteiger partial charge in [-0.1, -0.05) is 36.4 Å². The first-order valence-corrected chi connectivity index (χ1v) is 9.50. The minimum Gasteiger partial charge on any atom is -0.294 e. The van der Waals surface area contributed by atoms with E-state index in [9.17, 15) is 4.79 Å². The van der Waals surface area contributed by atoms with Gasteiger partial charge in [-0.2, -0.15) is 5.26 Å².